The maximum atomic E-state index is 10.3. The van der Waals surface area contributed by atoms with Gasteiger partial charge in [0.2, 0.25) is 0 Å². The fourth-order valence-electron chi connectivity index (χ4n) is 1.35. The summed E-state index contributed by atoms with van der Waals surface area (Å²) in [6.07, 6.45) is 7.29. The van der Waals surface area contributed by atoms with E-state index in [9.17, 15) is 14.8 Å². The maximum Gasteiger partial charge on any atom is 0.524 e. The van der Waals surface area contributed by atoms with Crippen molar-refractivity contribution in [3.05, 3.63) is 12.3 Å². The molecule has 0 radical (unpaired) electrons. The Balaban J connectivity index is 3.70. The molecule has 0 unspecified atom stereocenters. The molecular formula is C11H23O7P. The van der Waals surface area contributed by atoms with Gasteiger partial charge in [-0.15, -0.1) is 0 Å². The van der Waals surface area contributed by atoms with Gasteiger partial charge in [0.25, 0.3) is 0 Å². The van der Waals surface area contributed by atoms with Crippen LogP contribution >= 0.6 is 7.82 Å². The Bertz CT molecular complexity index is 297. The van der Waals surface area contributed by atoms with Gasteiger partial charge in [0.15, 0.2) is 0 Å². The monoisotopic (exact) mass is 298 g/mol. The van der Waals surface area contributed by atoms with Crippen LogP contribution in [0, 0.1) is 0 Å². The summed E-state index contributed by atoms with van der Waals surface area (Å²) in [5, 5.41) is 18.5. The van der Waals surface area contributed by atoms with Crippen LogP contribution in [0.3, 0.4) is 0 Å². The third kappa shape index (κ3) is 13.8. The number of hydrogen-bond acceptors (Lipinski definition) is 5. The van der Waals surface area contributed by atoms with E-state index in [1.54, 1.807) is 0 Å². The van der Waals surface area contributed by atoms with Crippen molar-refractivity contribution >= 4 is 7.82 Å². The molecular weight excluding hydrogens is 275 g/mol. The summed E-state index contributed by atoms with van der Waals surface area (Å²) in [4.78, 5) is 16.7. The number of phosphoric ester groups is 1. The molecule has 0 fully saturated rings. The van der Waals surface area contributed by atoms with Crippen LogP contribution in [0.5, 0.6) is 0 Å². The van der Waals surface area contributed by atoms with Crippen molar-refractivity contribution in [2.75, 3.05) is 6.61 Å². The Labute approximate surface area is 113 Å². The first-order chi connectivity index (χ1) is 8.77. The molecule has 0 aromatic rings. The summed E-state index contributed by atoms with van der Waals surface area (Å²) in [6, 6.07) is 0. The zero-order chi connectivity index (χ0) is 14.8. The van der Waals surface area contributed by atoms with Gasteiger partial charge in [-0.2, -0.15) is 0 Å². The molecule has 0 aliphatic carbocycles. The highest BCUT2D eigenvalue weighted by Crippen LogP contribution is 2.36. The number of aliphatic hydroxyl groups is 2. The molecule has 0 aromatic carbocycles. The average molecular weight is 298 g/mol. The molecule has 7 nitrogen and oxygen atoms in total. The van der Waals surface area contributed by atoms with E-state index < -0.39 is 13.8 Å². The van der Waals surface area contributed by atoms with E-state index in [-0.39, 0.29) is 6.61 Å². The normalized spacial score (nSPS) is 13.1. The molecule has 0 saturated carbocycles. The molecule has 19 heavy (non-hydrogen) atoms. The predicted molar refractivity (Wildman–Crippen MR) is 68.8 cm³/mol. The van der Waals surface area contributed by atoms with Crippen molar-refractivity contribution in [1.82, 2.24) is 0 Å². The Kier molecular flexibility index (Phi) is 9.26. The number of phosphoric acid groups is 1. The van der Waals surface area contributed by atoms with Crippen LogP contribution in [0.25, 0.3) is 0 Å². The first-order valence-electron chi connectivity index (χ1n) is 6.27. The predicted octanol–water partition coefficient (Wildman–Crippen LogP) is 1.62. The molecule has 0 amide bonds. The maximum absolute atomic E-state index is 10.3. The fourth-order valence-corrected chi connectivity index (χ4v) is 1.57. The quantitative estimate of drug-likeness (QED) is 0.198. The average Bonchev–Trinajstić information content (AvgIpc) is 2.25. The second-order valence-electron chi connectivity index (χ2n) is 4.17. The summed E-state index contributed by atoms with van der Waals surface area (Å²) < 4.78 is 19.0. The van der Waals surface area contributed by atoms with Crippen LogP contribution in [0.2, 0.25) is 0 Å². The number of ether oxygens (including phenoxy) is 1. The summed E-state index contributed by atoms with van der Waals surface area (Å²) in [7, 11) is -4.66. The molecule has 4 N–H and O–H groups in total. The Morgan fingerprint density at radius 2 is 1.68 bits per heavy atom. The third-order valence-electron chi connectivity index (χ3n) is 2.30. The highest BCUT2D eigenvalue weighted by atomic mass is 31.2. The highest BCUT2D eigenvalue weighted by molar-refractivity contribution is 7.46. The van der Waals surface area contributed by atoms with Gasteiger partial charge in [-0.1, -0.05) is 39.0 Å². The minimum Gasteiger partial charge on any atom is -0.412 e. The van der Waals surface area contributed by atoms with E-state index in [0.717, 1.165) is 25.7 Å². The smallest absolute Gasteiger partial charge is 0.412 e. The molecule has 0 rings (SSSR count). The zero-order valence-electron chi connectivity index (χ0n) is 11.1. The van der Waals surface area contributed by atoms with Crippen molar-refractivity contribution in [3.63, 3.8) is 0 Å². The van der Waals surface area contributed by atoms with Gasteiger partial charge in [-0.3, -0.25) is 9.79 Å². The molecule has 0 aliphatic heterocycles. The van der Waals surface area contributed by atoms with Gasteiger partial charge in [-0.25, -0.2) is 4.57 Å². The van der Waals surface area contributed by atoms with Crippen molar-refractivity contribution < 1.29 is 33.8 Å². The van der Waals surface area contributed by atoms with E-state index in [1.165, 1.54) is 6.42 Å². The first-order valence-corrected chi connectivity index (χ1v) is 7.80. The minimum absolute atomic E-state index is 0.138. The lowest BCUT2D eigenvalue weighted by Crippen LogP contribution is -2.29. The lowest BCUT2D eigenvalue weighted by Gasteiger charge is -2.17. The number of hydrogen-bond donors (Lipinski definition) is 4. The van der Waals surface area contributed by atoms with Gasteiger partial charge >= 0.3 is 13.8 Å². The highest BCUT2D eigenvalue weighted by Gasteiger charge is 2.21. The zero-order valence-corrected chi connectivity index (χ0v) is 12.0. The summed E-state index contributed by atoms with van der Waals surface area (Å²) in [5.41, 5.74) is 0. The van der Waals surface area contributed by atoms with Crippen LogP contribution in [0.4, 0.5) is 0 Å². The number of rotatable bonds is 11. The van der Waals surface area contributed by atoms with Gasteiger partial charge in [-0.05, 0) is 6.42 Å². The molecule has 0 heterocycles. The Hall–Kier alpha value is -0.430. The first kappa shape index (κ1) is 18.6. The van der Waals surface area contributed by atoms with Gasteiger partial charge in [0.1, 0.15) is 0 Å². The molecule has 8 heteroatoms. The van der Waals surface area contributed by atoms with E-state index in [0.29, 0.717) is 18.8 Å². The molecule has 0 spiro atoms. The topological polar surface area (TPSA) is 116 Å². The fraction of sp³-hybridized carbons (Fsp3) is 0.818. The van der Waals surface area contributed by atoms with Crippen LogP contribution in [0.1, 0.15) is 45.4 Å². The van der Waals surface area contributed by atoms with Crippen LogP contribution in [-0.4, -0.2) is 32.6 Å². The van der Waals surface area contributed by atoms with Crippen molar-refractivity contribution in [1.29, 1.82) is 0 Å². The number of unbranched alkanes of at least 4 members (excludes halogenated alkanes) is 5. The van der Waals surface area contributed by atoms with Gasteiger partial charge < -0.3 is 19.5 Å². The molecule has 0 atom stereocenters. The second-order valence-corrected chi connectivity index (χ2v) is 5.37. The largest absolute Gasteiger partial charge is 0.524 e. The van der Waals surface area contributed by atoms with Gasteiger partial charge in [0, 0.05) is 6.08 Å². The van der Waals surface area contributed by atoms with Crippen LogP contribution in [0.15, 0.2) is 12.3 Å². The molecule has 114 valence electrons. The van der Waals surface area contributed by atoms with E-state index in [2.05, 4.69) is 11.4 Å². The van der Waals surface area contributed by atoms with Crippen LogP contribution in [-0.2, 0) is 13.8 Å². The van der Waals surface area contributed by atoms with Crippen molar-refractivity contribution in [3.8, 4) is 0 Å². The van der Waals surface area contributed by atoms with E-state index in [1.807, 2.05) is 0 Å². The van der Waals surface area contributed by atoms with E-state index >= 15 is 0 Å². The molecule has 0 aliphatic rings. The molecule has 0 aromatic heterocycles. The van der Waals surface area contributed by atoms with E-state index in [4.69, 9.17) is 14.5 Å². The summed E-state index contributed by atoms with van der Waals surface area (Å²) >= 11 is 0. The van der Waals surface area contributed by atoms with Crippen molar-refractivity contribution in [2.24, 2.45) is 0 Å². The summed E-state index contributed by atoms with van der Waals surface area (Å²) in [6.45, 7) is 2.26. The lowest BCUT2D eigenvalue weighted by atomic mass is 10.1. The summed E-state index contributed by atoms with van der Waals surface area (Å²) in [5.74, 6) is -2.58. The molecule has 0 saturated heterocycles. The minimum atomic E-state index is -4.66. The van der Waals surface area contributed by atoms with Crippen molar-refractivity contribution in [2.45, 2.75) is 51.4 Å². The molecule has 0 bridgehead atoms. The Morgan fingerprint density at radius 3 is 2.26 bits per heavy atom. The van der Waals surface area contributed by atoms with Crippen LogP contribution < -0.4 is 0 Å². The standard InChI is InChI=1S/C11H23O7P/c1-2-3-4-5-6-7-9-17-11(12,13)8-10-18-19(14,15)16/h8,10,12-13H,2-7,9H2,1H3,(H2,14,15,16). The van der Waals surface area contributed by atoms with Gasteiger partial charge in [0.05, 0.1) is 12.9 Å². The third-order valence-corrected chi connectivity index (χ3v) is 2.69. The SMILES string of the molecule is CCCCCCCCOC(O)(O)C=COP(=O)(O)O. The second kappa shape index (κ2) is 9.47. The Morgan fingerprint density at radius 1 is 1.11 bits per heavy atom. The lowest BCUT2D eigenvalue weighted by molar-refractivity contribution is -0.303.